The fourth-order valence-corrected chi connectivity index (χ4v) is 2.31. The molecular weight excluding hydrogens is 296 g/mol. The molecule has 1 N–H and O–H groups in total. The van der Waals surface area contributed by atoms with Crippen LogP contribution in [0.15, 0.2) is 23.6 Å². The Morgan fingerprint density at radius 3 is 2.86 bits per heavy atom. The van der Waals surface area contributed by atoms with Gasteiger partial charge in [0.2, 0.25) is 5.01 Å². The fraction of sp³-hybridized carbons (Fsp3) is 0.231. The highest BCUT2D eigenvalue weighted by molar-refractivity contribution is 7.11. The number of nitrogens with zero attached hydrogens (tertiary/aromatic N) is 2. The second-order valence-electron chi connectivity index (χ2n) is 4.15. The van der Waals surface area contributed by atoms with Crippen molar-refractivity contribution in [2.24, 2.45) is 0 Å². The molecule has 0 radical (unpaired) electrons. The molecule has 0 atom stereocenters. The minimum Gasteiger partial charge on any atom is -0.480 e. The summed E-state index contributed by atoms with van der Waals surface area (Å²) in [5.41, 5.74) is 1.16. The van der Waals surface area contributed by atoms with Crippen LogP contribution in [0.4, 0.5) is 5.69 Å². The van der Waals surface area contributed by atoms with Crippen LogP contribution in [0.1, 0.15) is 28.0 Å². The van der Waals surface area contributed by atoms with E-state index in [9.17, 15) is 14.9 Å². The Bertz CT molecular complexity index is 683. The normalized spacial score (nSPS) is 10.3. The van der Waals surface area contributed by atoms with Gasteiger partial charge in [0.25, 0.3) is 0 Å². The van der Waals surface area contributed by atoms with Gasteiger partial charge < -0.3 is 9.84 Å². The summed E-state index contributed by atoms with van der Waals surface area (Å²) in [5.74, 6) is -0.966. The summed E-state index contributed by atoms with van der Waals surface area (Å²) >= 11 is 0.985. The third kappa shape index (κ3) is 3.54. The second kappa shape index (κ2) is 6.31. The van der Waals surface area contributed by atoms with Crippen LogP contribution >= 0.6 is 11.3 Å². The number of carboxylic acids is 1. The number of hydrogen-bond donors (Lipinski definition) is 1. The van der Waals surface area contributed by atoms with Crippen molar-refractivity contribution in [2.75, 3.05) is 0 Å². The molecule has 0 saturated heterocycles. The van der Waals surface area contributed by atoms with Crippen molar-refractivity contribution < 1.29 is 19.6 Å². The van der Waals surface area contributed by atoms with Crippen molar-refractivity contribution in [3.63, 3.8) is 0 Å². The Morgan fingerprint density at radius 2 is 2.29 bits per heavy atom. The maximum Gasteiger partial charge on any atom is 0.365 e. The zero-order valence-electron chi connectivity index (χ0n) is 11.1. The smallest absolute Gasteiger partial charge is 0.365 e. The van der Waals surface area contributed by atoms with Gasteiger partial charge in [-0.2, -0.15) is 0 Å². The van der Waals surface area contributed by atoms with Gasteiger partial charge in [-0.3, -0.25) is 10.1 Å². The van der Waals surface area contributed by atoms with Crippen molar-refractivity contribution in [3.8, 4) is 5.75 Å². The average molecular weight is 308 g/mol. The van der Waals surface area contributed by atoms with Gasteiger partial charge in [0.1, 0.15) is 6.61 Å². The van der Waals surface area contributed by atoms with Gasteiger partial charge in [0.05, 0.1) is 10.6 Å². The van der Waals surface area contributed by atoms with E-state index >= 15 is 0 Å². The molecule has 0 aliphatic rings. The molecule has 21 heavy (non-hydrogen) atoms. The third-order valence-corrected chi connectivity index (χ3v) is 3.62. The van der Waals surface area contributed by atoms with E-state index in [-0.39, 0.29) is 23.1 Å². The fourth-order valence-electron chi connectivity index (χ4n) is 1.67. The SMILES string of the molecule is CCc1ccc(OCc2csc(C(=O)O)n2)c([N+](=O)[O-])c1. The van der Waals surface area contributed by atoms with E-state index in [0.717, 1.165) is 16.9 Å². The largest absolute Gasteiger partial charge is 0.480 e. The van der Waals surface area contributed by atoms with E-state index in [1.807, 2.05) is 6.92 Å². The van der Waals surface area contributed by atoms with Gasteiger partial charge in [-0.1, -0.05) is 13.0 Å². The summed E-state index contributed by atoms with van der Waals surface area (Å²) in [5, 5.41) is 21.3. The summed E-state index contributed by atoms with van der Waals surface area (Å²) < 4.78 is 5.39. The molecule has 0 aliphatic carbocycles. The molecule has 0 amide bonds. The zero-order chi connectivity index (χ0) is 15.4. The first-order valence-corrected chi connectivity index (χ1v) is 6.97. The molecule has 2 aromatic rings. The molecule has 0 aliphatic heterocycles. The lowest BCUT2D eigenvalue weighted by Crippen LogP contribution is -2.01. The Morgan fingerprint density at radius 1 is 1.52 bits per heavy atom. The van der Waals surface area contributed by atoms with Crippen molar-refractivity contribution >= 4 is 23.0 Å². The lowest BCUT2D eigenvalue weighted by molar-refractivity contribution is -0.386. The third-order valence-electron chi connectivity index (χ3n) is 2.74. The number of thiazole rings is 1. The summed E-state index contributed by atoms with van der Waals surface area (Å²) in [6, 6.07) is 4.77. The van der Waals surface area contributed by atoms with E-state index < -0.39 is 10.9 Å². The monoisotopic (exact) mass is 308 g/mol. The van der Waals surface area contributed by atoms with Crippen molar-refractivity contribution in [3.05, 3.63) is 50.0 Å². The van der Waals surface area contributed by atoms with Crippen molar-refractivity contribution in [1.82, 2.24) is 4.98 Å². The van der Waals surface area contributed by atoms with Crippen LogP contribution in [-0.4, -0.2) is 21.0 Å². The Kier molecular flexibility index (Phi) is 4.49. The summed E-state index contributed by atoms with van der Waals surface area (Å²) in [4.78, 5) is 25.1. The van der Waals surface area contributed by atoms with E-state index in [2.05, 4.69) is 4.98 Å². The highest BCUT2D eigenvalue weighted by Gasteiger charge is 2.16. The van der Waals surface area contributed by atoms with Crippen LogP contribution in [0.2, 0.25) is 0 Å². The van der Waals surface area contributed by atoms with Crippen molar-refractivity contribution in [1.29, 1.82) is 0 Å². The van der Waals surface area contributed by atoms with Crippen LogP contribution in [0, 0.1) is 10.1 Å². The quantitative estimate of drug-likeness (QED) is 0.650. The molecule has 110 valence electrons. The Hall–Kier alpha value is -2.48. The number of aromatic carboxylic acids is 1. The number of aryl methyl sites for hydroxylation is 1. The molecule has 1 heterocycles. The minimum atomic E-state index is -1.11. The molecular formula is C13H12N2O5S. The van der Waals surface area contributed by atoms with Gasteiger partial charge in [0.15, 0.2) is 5.75 Å². The van der Waals surface area contributed by atoms with Gasteiger partial charge in [-0.25, -0.2) is 9.78 Å². The van der Waals surface area contributed by atoms with Crippen LogP contribution in [0.25, 0.3) is 0 Å². The molecule has 2 rings (SSSR count). The number of rotatable bonds is 6. The van der Waals surface area contributed by atoms with E-state index in [0.29, 0.717) is 12.1 Å². The molecule has 0 saturated carbocycles. The van der Waals surface area contributed by atoms with Gasteiger partial charge >= 0.3 is 11.7 Å². The highest BCUT2D eigenvalue weighted by Crippen LogP contribution is 2.29. The second-order valence-corrected chi connectivity index (χ2v) is 5.01. The number of hydrogen-bond acceptors (Lipinski definition) is 6. The summed E-state index contributed by atoms with van der Waals surface area (Å²) in [6.07, 6.45) is 0.690. The molecule has 1 aromatic heterocycles. The number of nitro groups is 1. The number of aromatic nitrogens is 1. The van der Waals surface area contributed by atoms with Gasteiger partial charge in [-0.15, -0.1) is 11.3 Å². The number of carboxylic acid groups (broad SMARTS) is 1. The highest BCUT2D eigenvalue weighted by atomic mass is 32.1. The topological polar surface area (TPSA) is 103 Å². The standard InChI is InChI=1S/C13H12N2O5S/c1-2-8-3-4-11(10(5-8)15(18)19)20-6-9-7-21-12(14-9)13(16)17/h3-5,7H,2,6H2,1H3,(H,16,17). The Labute approximate surface area is 124 Å². The van der Waals surface area contributed by atoms with E-state index in [1.54, 1.807) is 17.5 Å². The van der Waals surface area contributed by atoms with Gasteiger partial charge in [-0.05, 0) is 18.1 Å². The molecule has 0 spiro atoms. The van der Waals surface area contributed by atoms with Crippen LogP contribution in [0.5, 0.6) is 5.75 Å². The number of nitro benzene ring substituents is 1. The summed E-state index contributed by atoms with van der Waals surface area (Å²) in [7, 11) is 0. The van der Waals surface area contributed by atoms with Crippen LogP contribution in [-0.2, 0) is 13.0 Å². The number of ether oxygens (including phenoxy) is 1. The number of carbonyl (C=O) groups is 1. The maximum atomic E-state index is 11.0. The molecule has 0 fully saturated rings. The molecule has 0 unspecified atom stereocenters. The zero-order valence-corrected chi connectivity index (χ0v) is 11.9. The van der Waals surface area contributed by atoms with Crippen molar-refractivity contribution in [2.45, 2.75) is 20.0 Å². The van der Waals surface area contributed by atoms with Crippen LogP contribution < -0.4 is 4.74 Å². The lowest BCUT2D eigenvalue weighted by Gasteiger charge is -2.06. The first kappa shape index (κ1) is 14.9. The Balaban J connectivity index is 2.15. The lowest BCUT2D eigenvalue weighted by atomic mass is 10.1. The predicted molar refractivity (Wildman–Crippen MR) is 75.9 cm³/mol. The predicted octanol–water partition coefficient (Wildman–Crippen LogP) is 2.89. The average Bonchev–Trinajstić information content (AvgIpc) is 2.94. The molecule has 8 heteroatoms. The molecule has 0 bridgehead atoms. The summed E-state index contributed by atoms with van der Waals surface area (Å²) in [6.45, 7) is 1.89. The minimum absolute atomic E-state index is 0.0178. The van der Waals surface area contributed by atoms with E-state index in [1.165, 1.54) is 6.07 Å². The van der Waals surface area contributed by atoms with Crippen LogP contribution in [0.3, 0.4) is 0 Å². The molecule has 7 nitrogen and oxygen atoms in total. The first-order chi connectivity index (χ1) is 10.0. The maximum absolute atomic E-state index is 11.0. The number of benzene rings is 1. The first-order valence-electron chi connectivity index (χ1n) is 6.09. The van der Waals surface area contributed by atoms with E-state index in [4.69, 9.17) is 9.84 Å². The molecule has 1 aromatic carbocycles. The van der Waals surface area contributed by atoms with Gasteiger partial charge in [0, 0.05) is 11.4 Å².